The number of carbonyl (C=O) groups excluding carboxylic acids is 1. The summed E-state index contributed by atoms with van der Waals surface area (Å²) >= 11 is 0. The zero-order valence-corrected chi connectivity index (χ0v) is 9.96. The zero-order chi connectivity index (χ0) is 9.14. The number of hydrogen-bond donors (Lipinski definition) is 0. The summed E-state index contributed by atoms with van der Waals surface area (Å²) in [6.07, 6.45) is 0. The second-order valence-corrected chi connectivity index (χ2v) is 2.42. The van der Waals surface area contributed by atoms with Crippen LogP contribution >= 0.6 is 0 Å². The number of hydrogen-bond acceptors (Lipinski definition) is 3. The van der Waals surface area contributed by atoms with Crippen LogP contribution in [0.4, 0.5) is 0 Å². The van der Waals surface area contributed by atoms with Crippen molar-refractivity contribution in [2.45, 2.75) is 6.92 Å². The fourth-order valence-corrected chi connectivity index (χ4v) is 0.887. The van der Waals surface area contributed by atoms with Crippen molar-refractivity contribution < 1.29 is 44.2 Å². The van der Waals surface area contributed by atoms with Gasteiger partial charge in [-0.1, -0.05) is 17.9 Å². The molecule has 0 fully saturated rings. The number of ether oxygens (including phenoxy) is 1. The van der Waals surface area contributed by atoms with E-state index in [0.717, 1.165) is 0 Å². The van der Waals surface area contributed by atoms with Gasteiger partial charge in [-0.2, -0.15) is 0 Å². The van der Waals surface area contributed by atoms with Crippen molar-refractivity contribution in [2.75, 3.05) is 7.11 Å². The van der Waals surface area contributed by atoms with E-state index in [9.17, 15) is 9.90 Å². The van der Waals surface area contributed by atoms with E-state index in [2.05, 4.69) is 0 Å². The second-order valence-electron chi connectivity index (χ2n) is 2.42. The van der Waals surface area contributed by atoms with Crippen LogP contribution in [0.25, 0.3) is 0 Å². The van der Waals surface area contributed by atoms with Crippen molar-refractivity contribution >= 4 is 5.78 Å². The van der Waals surface area contributed by atoms with Crippen LogP contribution < -0.4 is 39.4 Å². The summed E-state index contributed by atoms with van der Waals surface area (Å²) < 4.78 is 4.77. The molecule has 0 radical (unpaired) electrons. The topological polar surface area (TPSA) is 49.4 Å². The summed E-state index contributed by atoms with van der Waals surface area (Å²) in [4.78, 5) is 10.9. The second kappa shape index (κ2) is 5.27. The van der Waals surface area contributed by atoms with Crippen molar-refractivity contribution in [3.63, 3.8) is 0 Å². The van der Waals surface area contributed by atoms with Crippen molar-refractivity contribution in [2.24, 2.45) is 0 Å². The molecule has 0 amide bonds. The third-order valence-corrected chi connectivity index (χ3v) is 1.57. The molecule has 4 heteroatoms. The van der Waals surface area contributed by atoms with Gasteiger partial charge in [0.2, 0.25) is 0 Å². The summed E-state index contributed by atoms with van der Waals surface area (Å²) in [6.45, 7) is 1.44. The molecule has 3 nitrogen and oxygen atoms in total. The van der Waals surface area contributed by atoms with Gasteiger partial charge in [0.25, 0.3) is 0 Å². The Hall–Kier alpha value is -0.510. The standard InChI is InChI=1S/C9H10O3.Na/c1-6(10)7-3-4-8(11)9(5-7)12-2;/h3-5,11H,1-2H3;/q;+1/p-1. The van der Waals surface area contributed by atoms with Gasteiger partial charge in [-0.25, -0.2) is 0 Å². The van der Waals surface area contributed by atoms with Gasteiger partial charge in [0.1, 0.15) is 5.75 Å². The van der Waals surface area contributed by atoms with Gasteiger partial charge >= 0.3 is 29.6 Å². The van der Waals surface area contributed by atoms with Crippen molar-refractivity contribution in [1.29, 1.82) is 0 Å². The Morgan fingerprint density at radius 3 is 2.54 bits per heavy atom. The minimum Gasteiger partial charge on any atom is -0.870 e. The van der Waals surface area contributed by atoms with Gasteiger partial charge < -0.3 is 9.84 Å². The van der Waals surface area contributed by atoms with E-state index >= 15 is 0 Å². The summed E-state index contributed by atoms with van der Waals surface area (Å²) in [5.41, 5.74) is 0.492. The molecule has 0 aromatic heterocycles. The minimum absolute atomic E-state index is 0. The van der Waals surface area contributed by atoms with Gasteiger partial charge in [-0.3, -0.25) is 4.79 Å². The molecule has 0 heterocycles. The van der Waals surface area contributed by atoms with Gasteiger partial charge in [-0.15, -0.1) is 0 Å². The average Bonchev–Trinajstić information content (AvgIpc) is 2.05. The maximum atomic E-state index is 11.0. The molecule has 64 valence electrons. The molecule has 0 N–H and O–H groups in total. The molecular weight excluding hydrogens is 179 g/mol. The van der Waals surface area contributed by atoms with E-state index in [1.54, 1.807) is 0 Å². The quantitative estimate of drug-likeness (QED) is 0.397. The predicted octanol–water partition coefficient (Wildman–Crippen LogP) is -2.02. The van der Waals surface area contributed by atoms with Crippen molar-refractivity contribution in [1.82, 2.24) is 0 Å². The van der Waals surface area contributed by atoms with Crippen LogP contribution in [0.5, 0.6) is 11.5 Å². The molecule has 0 aliphatic heterocycles. The first-order chi connectivity index (χ1) is 5.65. The Bertz CT molecular complexity index is 310. The monoisotopic (exact) mass is 188 g/mol. The number of ketones is 1. The summed E-state index contributed by atoms with van der Waals surface area (Å²) in [7, 11) is 1.40. The number of benzene rings is 1. The largest absolute Gasteiger partial charge is 1.00 e. The molecule has 0 aliphatic carbocycles. The van der Waals surface area contributed by atoms with Crippen LogP contribution in [0, 0.1) is 0 Å². The number of methoxy groups -OCH3 is 1. The van der Waals surface area contributed by atoms with E-state index in [1.807, 2.05) is 0 Å². The molecule has 0 bridgehead atoms. The molecule has 1 aromatic carbocycles. The van der Waals surface area contributed by atoms with Crippen molar-refractivity contribution in [3.8, 4) is 11.5 Å². The molecule has 0 saturated heterocycles. The predicted molar refractivity (Wildman–Crippen MR) is 42.4 cm³/mol. The Balaban J connectivity index is 0.00000144. The first kappa shape index (κ1) is 12.5. The molecule has 0 atom stereocenters. The van der Waals surface area contributed by atoms with E-state index in [0.29, 0.717) is 5.56 Å². The molecule has 0 spiro atoms. The molecule has 1 rings (SSSR count). The third-order valence-electron chi connectivity index (χ3n) is 1.57. The number of Topliss-reactive ketones (excluding diaryl/α,β-unsaturated/α-hetero) is 1. The van der Waals surface area contributed by atoms with Gasteiger partial charge in [-0.05, 0) is 13.0 Å². The molecule has 0 aliphatic rings. The maximum Gasteiger partial charge on any atom is 1.00 e. The average molecular weight is 188 g/mol. The van der Waals surface area contributed by atoms with E-state index < -0.39 is 0 Å². The van der Waals surface area contributed by atoms with Crippen molar-refractivity contribution in [3.05, 3.63) is 23.8 Å². The summed E-state index contributed by atoms with van der Waals surface area (Å²) in [6, 6.07) is 4.27. The fraction of sp³-hybridized carbons (Fsp3) is 0.222. The van der Waals surface area contributed by atoms with Crippen LogP contribution in [0.15, 0.2) is 18.2 Å². The Kier molecular flexibility index (Phi) is 5.06. The Morgan fingerprint density at radius 1 is 1.46 bits per heavy atom. The molecular formula is C9H9NaO3. The SMILES string of the molecule is COc1cc(C(C)=O)ccc1[O-].[Na+]. The first-order valence-electron chi connectivity index (χ1n) is 3.51. The van der Waals surface area contributed by atoms with Crippen LogP contribution in [0.3, 0.4) is 0 Å². The Labute approximate surface area is 99.0 Å². The minimum atomic E-state index is -0.206. The van der Waals surface area contributed by atoms with Crippen LogP contribution in [0.1, 0.15) is 17.3 Å². The Morgan fingerprint density at radius 2 is 2.08 bits per heavy atom. The fourth-order valence-electron chi connectivity index (χ4n) is 0.887. The number of carbonyl (C=O) groups is 1. The zero-order valence-electron chi connectivity index (χ0n) is 7.96. The molecule has 1 aromatic rings. The van der Waals surface area contributed by atoms with Gasteiger partial charge in [0, 0.05) is 5.56 Å². The van der Waals surface area contributed by atoms with E-state index in [4.69, 9.17) is 4.74 Å². The third kappa shape index (κ3) is 3.03. The smallest absolute Gasteiger partial charge is 0.870 e. The normalized spacial score (nSPS) is 8.77. The first-order valence-corrected chi connectivity index (χ1v) is 3.51. The van der Waals surface area contributed by atoms with Gasteiger partial charge in [0.15, 0.2) is 5.78 Å². The van der Waals surface area contributed by atoms with Crippen LogP contribution in [-0.4, -0.2) is 12.9 Å². The van der Waals surface area contributed by atoms with Crippen LogP contribution in [0.2, 0.25) is 0 Å². The van der Waals surface area contributed by atoms with Crippen LogP contribution in [-0.2, 0) is 0 Å². The van der Waals surface area contributed by atoms with Gasteiger partial charge in [0.05, 0.1) is 7.11 Å². The summed E-state index contributed by atoms with van der Waals surface area (Å²) in [5, 5.41) is 11.0. The van der Waals surface area contributed by atoms with E-state index in [-0.39, 0.29) is 46.8 Å². The molecule has 0 saturated carbocycles. The summed E-state index contributed by atoms with van der Waals surface area (Å²) in [5.74, 6) is -0.0708. The van der Waals surface area contributed by atoms with E-state index in [1.165, 1.54) is 32.2 Å². The molecule has 13 heavy (non-hydrogen) atoms. The molecule has 0 unspecified atom stereocenters. The maximum absolute atomic E-state index is 11.0. The number of rotatable bonds is 2.